The molecule has 2 aromatic heterocycles. The van der Waals surface area contributed by atoms with Gasteiger partial charge in [0.25, 0.3) is 11.7 Å². The Bertz CT molecular complexity index is 1090. The zero-order valence-electron chi connectivity index (χ0n) is 16.5. The van der Waals surface area contributed by atoms with Crippen LogP contribution in [0, 0.1) is 0 Å². The fraction of sp³-hybridized carbons (Fsp3) is 0.167. The summed E-state index contributed by atoms with van der Waals surface area (Å²) in [5.74, 6) is -1.56. The molecule has 0 saturated carbocycles. The van der Waals surface area contributed by atoms with Crippen molar-refractivity contribution >= 4 is 17.4 Å². The number of aliphatic hydroxyl groups is 1. The van der Waals surface area contributed by atoms with Crippen LogP contribution in [0.25, 0.3) is 5.76 Å². The number of hydrogen-bond acceptors (Lipinski definition) is 5. The highest BCUT2D eigenvalue weighted by atomic mass is 16.3. The maximum Gasteiger partial charge on any atom is 0.296 e. The van der Waals surface area contributed by atoms with Crippen molar-refractivity contribution in [2.75, 3.05) is 0 Å². The first kappa shape index (κ1) is 19.5. The number of aromatic nitrogens is 2. The Balaban J connectivity index is 1.83. The zero-order valence-corrected chi connectivity index (χ0v) is 16.5. The number of carbonyl (C=O) groups excluding carboxylic acids is 2. The maximum atomic E-state index is 13.0. The number of ketones is 1. The lowest BCUT2D eigenvalue weighted by Crippen LogP contribution is -2.29. The zero-order chi connectivity index (χ0) is 21.1. The molecule has 1 saturated heterocycles. The number of carbonyl (C=O) groups is 2. The van der Waals surface area contributed by atoms with E-state index >= 15 is 0 Å². The average Bonchev–Trinajstić information content (AvgIpc) is 3.05. The topological polar surface area (TPSA) is 83.4 Å². The molecule has 30 heavy (non-hydrogen) atoms. The third-order valence-electron chi connectivity index (χ3n) is 5.25. The lowest BCUT2D eigenvalue weighted by Gasteiger charge is -2.24. The minimum atomic E-state index is -0.773. The number of rotatable bonds is 5. The summed E-state index contributed by atoms with van der Waals surface area (Å²) >= 11 is 0. The number of aryl methyl sites for hydroxylation is 1. The Labute approximate surface area is 174 Å². The van der Waals surface area contributed by atoms with Crippen molar-refractivity contribution in [2.45, 2.75) is 25.9 Å². The number of aliphatic hydroxyl groups excluding tert-OH is 1. The average molecular weight is 399 g/mol. The van der Waals surface area contributed by atoms with E-state index in [0.29, 0.717) is 11.3 Å². The fourth-order valence-corrected chi connectivity index (χ4v) is 3.63. The molecule has 1 aliphatic rings. The van der Waals surface area contributed by atoms with E-state index in [1.165, 1.54) is 4.90 Å². The monoisotopic (exact) mass is 399 g/mol. The van der Waals surface area contributed by atoms with Crippen LogP contribution in [0.4, 0.5) is 0 Å². The number of Topliss-reactive ketones (excluding diaryl/α,β-unsaturated/α-hetero) is 1. The molecule has 1 aromatic carbocycles. The number of amides is 1. The second-order valence-corrected chi connectivity index (χ2v) is 7.09. The number of benzene rings is 1. The second-order valence-electron chi connectivity index (χ2n) is 7.09. The van der Waals surface area contributed by atoms with Gasteiger partial charge >= 0.3 is 0 Å². The van der Waals surface area contributed by atoms with Gasteiger partial charge in [0, 0.05) is 30.7 Å². The van der Waals surface area contributed by atoms with Crippen LogP contribution in [0.1, 0.15) is 35.3 Å². The molecule has 6 heteroatoms. The van der Waals surface area contributed by atoms with Gasteiger partial charge in [-0.3, -0.25) is 19.6 Å². The van der Waals surface area contributed by atoms with E-state index in [1.807, 2.05) is 19.1 Å². The summed E-state index contributed by atoms with van der Waals surface area (Å²) in [4.78, 5) is 35.7. The molecule has 4 rings (SSSR count). The van der Waals surface area contributed by atoms with Crippen molar-refractivity contribution in [3.05, 3.63) is 101 Å². The first-order chi connectivity index (χ1) is 14.6. The second kappa shape index (κ2) is 8.29. The Morgan fingerprint density at radius 3 is 2.33 bits per heavy atom. The van der Waals surface area contributed by atoms with Gasteiger partial charge in [-0.2, -0.15) is 0 Å². The number of likely N-dealkylation sites (tertiary alicyclic amines) is 1. The third-order valence-corrected chi connectivity index (χ3v) is 5.25. The smallest absolute Gasteiger partial charge is 0.296 e. The first-order valence-electron chi connectivity index (χ1n) is 9.77. The summed E-state index contributed by atoms with van der Waals surface area (Å²) in [5.41, 5.74) is 3.02. The molecule has 0 aliphatic carbocycles. The third kappa shape index (κ3) is 3.59. The molecule has 3 heterocycles. The predicted molar refractivity (Wildman–Crippen MR) is 112 cm³/mol. The molecule has 1 aliphatic heterocycles. The van der Waals surface area contributed by atoms with E-state index in [-0.39, 0.29) is 17.9 Å². The summed E-state index contributed by atoms with van der Waals surface area (Å²) in [6.45, 7) is 2.25. The van der Waals surface area contributed by atoms with E-state index < -0.39 is 17.7 Å². The summed E-state index contributed by atoms with van der Waals surface area (Å²) in [7, 11) is 0. The van der Waals surface area contributed by atoms with Gasteiger partial charge in [-0.05, 0) is 41.8 Å². The largest absolute Gasteiger partial charge is 0.507 e. The van der Waals surface area contributed by atoms with Crippen molar-refractivity contribution < 1.29 is 14.7 Å². The van der Waals surface area contributed by atoms with Gasteiger partial charge in [0.15, 0.2) is 0 Å². The van der Waals surface area contributed by atoms with Gasteiger partial charge in [0.2, 0.25) is 0 Å². The highest BCUT2D eigenvalue weighted by Crippen LogP contribution is 2.39. The van der Waals surface area contributed by atoms with Crippen molar-refractivity contribution in [3.63, 3.8) is 0 Å². The molecule has 1 atom stereocenters. The summed E-state index contributed by atoms with van der Waals surface area (Å²) in [6.07, 6.45) is 5.75. The van der Waals surface area contributed by atoms with Gasteiger partial charge in [-0.25, -0.2) is 0 Å². The number of hydrogen-bond donors (Lipinski definition) is 1. The Morgan fingerprint density at radius 1 is 0.967 bits per heavy atom. The normalized spacial score (nSPS) is 18.0. The Kier molecular flexibility index (Phi) is 5.39. The molecule has 1 amide bonds. The predicted octanol–water partition coefficient (Wildman–Crippen LogP) is 3.66. The summed E-state index contributed by atoms with van der Waals surface area (Å²) in [5, 5.41) is 11.0. The standard InChI is InChI=1S/C24H21N3O3/c1-2-16-6-8-18(9-7-16)22(28)20-21(19-5-3-4-12-26-19)27(24(30)23(20)29)15-17-10-13-25-14-11-17/h3-14,21,28H,2,15H2,1H3/b22-20-. The number of pyridine rings is 2. The number of nitrogens with zero attached hydrogens (tertiary/aromatic N) is 3. The Morgan fingerprint density at radius 2 is 1.70 bits per heavy atom. The lowest BCUT2D eigenvalue weighted by molar-refractivity contribution is -0.140. The molecular weight excluding hydrogens is 378 g/mol. The Hall–Kier alpha value is -3.80. The fourth-order valence-electron chi connectivity index (χ4n) is 3.63. The van der Waals surface area contributed by atoms with Gasteiger partial charge in [0.05, 0.1) is 11.3 Å². The van der Waals surface area contributed by atoms with Gasteiger partial charge < -0.3 is 10.0 Å². The molecule has 3 aromatic rings. The lowest BCUT2D eigenvalue weighted by atomic mass is 9.97. The van der Waals surface area contributed by atoms with Crippen LogP contribution in [-0.4, -0.2) is 31.7 Å². The first-order valence-corrected chi connectivity index (χ1v) is 9.77. The maximum absolute atomic E-state index is 13.0. The van der Waals surface area contributed by atoms with Crippen LogP contribution in [-0.2, 0) is 22.6 Å². The SMILES string of the molecule is CCc1ccc(/C(O)=C2/C(=O)C(=O)N(Cc3ccncc3)C2c2ccccn2)cc1. The molecule has 0 radical (unpaired) electrons. The molecule has 1 N–H and O–H groups in total. The van der Waals surface area contributed by atoms with Gasteiger partial charge in [-0.15, -0.1) is 0 Å². The summed E-state index contributed by atoms with van der Waals surface area (Å²) in [6, 6.07) is 15.5. The van der Waals surface area contributed by atoms with Crippen molar-refractivity contribution in [3.8, 4) is 0 Å². The van der Waals surface area contributed by atoms with Gasteiger partial charge in [0.1, 0.15) is 11.8 Å². The molecule has 0 bridgehead atoms. The minimum Gasteiger partial charge on any atom is -0.507 e. The van der Waals surface area contributed by atoms with Crippen molar-refractivity contribution in [1.29, 1.82) is 0 Å². The quantitative estimate of drug-likeness (QED) is 0.402. The van der Waals surface area contributed by atoms with Crippen LogP contribution >= 0.6 is 0 Å². The van der Waals surface area contributed by atoms with Crippen LogP contribution in [0.3, 0.4) is 0 Å². The van der Waals surface area contributed by atoms with E-state index in [2.05, 4.69) is 9.97 Å². The van der Waals surface area contributed by atoms with Crippen molar-refractivity contribution in [2.24, 2.45) is 0 Å². The molecule has 1 fully saturated rings. The van der Waals surface area contributed by atoms with Crippen molar-refractivity contribution in [1.82, 2.24) is 14.9 Å². The molecule has 6 nitrogen and oxygen atoms in total. The van der Waals surface area contributed by atoms with Crippen LogP contribution < -0.4 is 0 Å². The van der Waals surface area contributed by atoms with Crippen LogP contribution in [0.15, 0.2) is 78.8 Å². The minimum absolute atomic E-state index is 0.0528. The van der Waals surface area contributed by atoms with Crippen LogP contribution in [0.5, 0.6) is 0 Å². The van der Waals surface area contributed by atoms with Gasteiger partial charge in [-0.1, -0.05) is 37.3 Å². The molecule has 0 spiro atoms. The summed E-state index contributed by atoms with van der Waals surface area (Å²) < 4.78 is 0. The van der Waals surface area contributed by atoms with E-state index in [0.717, 1.165) is 17.5 Å². The van der Waals surface area contributed by atoms with E-state index in [1.54, 1.807) is 61.1 Å². The molecule has 150 valence electrons. The molecular formula is C24H21N3O3. The van der Waals surface area contributed by atoms with E-state index in [9.17, 15) is 14.7 Å². The highest BCUT2D eigenvalue weighted by Gasteiger charge is 2.46. The highest BCUT2D eigenvalue weighted by molar-refractivity contribution is 6.46. The molecule has 1 unspecified atom stereocenters. The van der Waals surface area contributed by atoms with E-state index in [4.69, 9.17) is 0 Å². The van der Waals surface area contributed by atoms with Crippen LogP contribution in [0.2, 0.25) is 0 Å².